The maximum absolute atomic E-state index is 3.47. The lowest BCUT2D eigenvalue weighted by Gasteiger charge is -2.25. The van der Waals surface area contributed by atoms with Crippen LogP contribution in [0.5, 0.6) is 0 Å². The summed E-state index contributed by atoms with van der Waals surface area (Å²) in [6.45, 7) is 9.10. The maximum atomic E-state index is 3.47. The van der Waals surface area contributed by atoms with E-state index in [1.54, 1.807) is 11.1 Å². The molecule has 1 aromatic rings. The van der Waals surface area contributed by atoms with Crippen LogP contribution in [-0.2, 0) is 19.3 Å². The Morgan fingerprint density at radius 2 is 1.94 bits per heavy atom. The van der Waals surface area contributed by atoms with Gasteiger partial charge in [0.1, 0.15) is 0 Å². The number of fused-ring (bicyclic) bond motifs is 1. The predicted molar refractivity (Wildman–Crippen MR) is 79.1 cm³/mol. The smallest absolute Gasteiger partial charge is 0.000251 e. The van der Waals surface area contributed by atoms with E-state index in [1.807, 2.05) is 0 Å². The molecule has 0 fully saturated rings. The Kier molecular flexibility index (Phi) is 4.45. The highest BCUT2D eigenvalue weighted by Crippen LogP contribution is 2.26. The molecule has 0 saturated carbocycles. The summed E-state index contributed by atoms with van der Waals surface area (Å²) in [6, 6.07) is 7.15. The molecule has 18 heavy (non-hydrogen) atoms. The fraction of sp³-hybridized carbons (Fsp3) is 0.647. The molecule has 1 aliphatic rings. The van der Waals surface area contributed by atoms with Crippen LogP contribution in [0.15, 0.2) is 18.2 Å². The van der Waals surface area contributed by atoms with Gasteiger partial charge in [-0.1, -0.05) is 39.0 Å². The highest BCUT2D eigenvalue weighted by Gasteiger charge is 2.17. The Labute approximate surface area is 112 Å². The molecule has 0 aromatic heterocycles. The first-order valence-corrected chi connectivity index (χ1v) is 7.42. The number of hydrogen-bond donors (Lipinski definition) is 1. The number of rotatable bonds is 6. The molecular formula is C17H27N. The largest absolute Gasteiger partial charge is 0.316 e. The molecule has 0 bridgehead atoms. The Balaban J connectivity index is 1.90. The Morgan fingerprint density at radius 3 is 2.72 bits per heavy atom. The molecule has 0 spiro atoms. The number of aryl methyl sites for hydroxylation is 3. The van der Waals surface area contributed by atoms with Crippen LogP contribution >= 0.6 is 0 Å². The van der Waals surface area contributed by atoms with Gasteiger partial charge in [-0.25, -0.2) is 0 Å². The van der Waals surface area contributed by atoms with Crippen LogP contribution in [0.1, 0.15) is 50.3 Å². The summed E-state index contributed by atoms with van der Waals surface area (Å²) in [5.74, 6) is 0. The first-order valence-electron chi connectivity index (χ1n) is 7.42. The first kappa shape index (κ1) is 13.6. The van der Waals surface area contributed by atoms with Crippen molar-refractivity contribution in [3.63, 3.8) is 0 Å². The summed E-state index contributed by atoms with van der Waals surface area (Å²) in [4.78, 5) is 0. The molecule has 0 radical (unpaired) electrons. The van der Waals surface area contributed by atoms with Crippen LogP contribution in [0.2, 0.25) is 0 Å². The molecule has 0 amide bonds. The molecule has 1 N–H and O–H groups in total. The molecule has 0 atom stereocenters. The average molecular weight is 245 g/mol. The van der Waals surface area contributed by atoms with Crippen molar-refractivity contribution in [3.8, 4) is 0 Å². The summed E-state index contributed by atoms with van der Waals surface area (Å²) in [6.07, 6.45) is 6.42. The zero-order valence-electron chi connectivity index (χ0n) is 12.2. The van der Waals surface area contributed by atoms with Crippen molar-refractivity contribution < 1.29 is 0 Å². The second kappa shape index (κ2) is 5.88. The number of hydrogen-bond acceptors (Lipinski definition) is 1. The fourth-order valence-electron chi connectivity index (χ4n) is 2.82. The lowest BCUT2D eigenvalue weighted by atomic mass is 9.86. The van der Waals surface area contributed by atoms with Crippen molar-refractivity contribution in [1.82, 2.24) is 5.32 Å². The molecule has 1 aromatic carbocycles. The van der Waals surface area contributed by atoms with Gasteiger partial charge in [0.2, 0.25) is 0 Å². The molecule has 0 unspecified atom stereocenters. The summed E-state index contributed by atoms with van der Waals surface area (Å²) < 4.78 is 0. The van der Waals surface area contributed by atoms with E-state index in [0.717, 1.165) is 13.1 Å². The Hall–Kier alpha value is -0.820. The monoisotopic (exact) mass is 245 g/mol. The third kappa shape index (κ3) is 3.58. The number of nitrogens with one attached hydrogen (secondary N) is 1. The minimum Gasteiger partial charge on any atom is -0.316 e. The number of benzene rings is 1. The van der Waals surface area contributed by atoms with Crippen LogP contribution in [-0.4, -0.2) is 13.1 Å². The molecular weight excluding hydrogens is 218 g/mol. The van der Waals surface area contributed by atoms with Crippen molar-refractivity contribution in [1.29, 1.82) is 0 Å². The van der Waals surface area contributed by atoms with Gasteiger partial charge in [0.15, 0.2) is 0 Å². The predicted octanol–water partition coefficient (Wildman–Crippen LogP) is 3.74. The maximum Gasteiger partial charge on any atom is 0.000251 e. The standard InChI is InChI=1S/C17H27N/c1-4-18-13-17(2,3)11-10-14-8-9-15-6-5-7-16(15)12-14/h8-9,12,18H,4-7,10-11,13H2,1-3H3. The Morgan fingerprint density at radius 1 is 1.17 bits per heavy atom. The normalized spacial score (nSPS) is 14.8. The van der Waals surface area contributed by atoms with E-state index in [4.69, 9.17) is 0 Å². The van der Waals surface area contributed by atoms with E-state index in [2.05, 4.69) is 44.3 Å². The van der Waals surface area contributed by atoms with Crippen LogP contribution in [0.3, 0.4) is 0 Å². The van der Waals surface area contributed by atoms with E-state index in [9.17, 15) is 0 Å². The topological polar surface area (TPSA) is 12.0 Å². The SMILES string of the molecule is CCNCC(C)(C)CCc1ccc2c(c1)CCC2. The van der Waals surface area contributed by atoms with Crippen molar-refractivity contribution in [2.24, 2.45) is 5.41 Å². The quantitative estimate of drug-likeness (QED) is 0.805. The lowest BCUT2D eigenvalue weighted by Crippen LogP contribution is -2.29. The highest BCUT2D eigenvalue weighted by atomic mass is 14.9. The van der Waals surface area contributed by atoms with Crippen LogP contribution < -0.4 is 5.32 Å². The van der Waals surface area contributed by atoms with E-state index in [0.29, 0.717) is 5.41 Å². The van der Waals surface area contributed by atoms with Crippen LogP contribution in [0.4, 0.5) is 0 Å². The highest BCUT2D eigenvalue weighted by molar-refractivity contribution is 5.35. The van der Waals surface area contributed by atoms with Crippen molar-refractivity contribution in [2.45, 2.75) is 52.9 Å². The lowest BCUT2D eigenvalue weighted by molar-refractivity contribution is 0.318. The van der Waals surface area contributed by atoms with Gasteiger partial charge < -0.3 is 5.32 Å². The van der Waals surface area contributed by atoms with Gasteiger partial charge >= 0.3 is 0 Å². The summed E-state index contributed by atoms with van der Waals surface area (Å²) in [5.41, 5.74) is 5.12. The zero-order chi connectivity index (χ0) is 13.0. The van der Waals surface area contributed by atoms with Gasteiger partial charge in [0.05, 0.1) is 0 Å². The molecule has 0 aliphatic heterocycles. The molecule has 1 heteroatoms. The van der Waals surface area contributed by atoms with Gasteiger partial charge in [-0.05, 0) is 60.8 Å². The summed E-state index contributed by atoms with van der Waals surface area (Å²) in [7, 11) is 0. The van der Waals surface area contributed by atoms with Crippen molar-refractivity contribution in [2.75, 3.05) is 13.1 Å². The minimum atomic E-state index is 0.398. The third-order valence-electron chi connectivity index (χ3n) is 4.11. The summed E-state index contributed by atoms with van der Waals surface area (Å²) in [5, 5.41) is 3.47. The first-order chi connectivity index (χ1) is 8.61. The van der Waals surface area contributed by atoms with Gasteiger partial charge in [-0.2, -0.15) is 0 Å². The van der Waals surface area contributed by atoms with Gasteiger partial charge in [-0.3, -0.25) is 0 Å². The van der Waals surface area contributed by atoms with Crippen LogP contribution in [0.25, 0.3) is 0 Å². The Bertz CT molecular complexity index is 393. The van der Waals surface area contributed by atoms with Crippen LogP contribution in [0, 0.1) is 5.41 Å². The van der Waals surface area contributed by atoms with Gasteiger partial charge in [0, 0.05) is 6.54 Å². The molecule has 1 aliphatic carbocycles. The average Bonchev–Trinajstić information content (AvgIpc) is 2.81. The fourth-order valence-corrected chi connectivity index (χ4v) is 2.82. The van der Waals surface area contributed by atoms with Gasteiger partial charge in [-0.15, -0.1) is 0 Å². The zero-order valence-corrected chi connectivity index (χ0v) is 12.2. The van der Waals surface area contributed by atoms with Gasteiger partial charge in [0.25, 0.3) is 0 Å². The summed E-state index contributed by atoms with van der Waals surface area (Å²) >= 11 is 0. The third-order valence-corrected chi connectivity index (χ3v) is 4.11. The molecule has 1 nitrogen and oxygen atoms in total. The molecule has 0 heterocycles. The molecule has 0 saturated heterocycles. The molecule has 100 valence electrons. The van der Waals surface area contributed by atoms with Crippen molar-refractivity contribution >= 4 is 0 Å². The van der Waals surface area contributed by atoms with E-state index >= 15 is 0 Å². The van der Waals surface area contributed by atoms with E-state index in [1.165, 1.54) is 37.7 Å². The second-order valence-electron chi connectivity index (χ2n) is 6.40. The van der Waals surface area contributed by atoms with E-state index < -0.39 is 0 Å². The second-order valence-corrected chi connectivity index (χ2v) is 6.40. The van der Waals surface area contributed by atoms with E-state index in [-0.39, 0.29) is 0 Å². The van der Waals surface area contributed by atoms with Crippen molar-refractivity contribution in [3.05, 3.63) is 34.9 Å². The molecule has 2 rings (SSSR count). The minimum absolute atomic E-state index is 0.398.